The van der Waals surface area contributed by atoms with Crippen molar-refractivity contribution in [3.05, 3.63) is 48.0 Å². The Balaban J connectivity index is 1.43. The number of para-hydroxylation sites is 1. The van der Waals surface area contributed by atoms with Crippen molar-refractivity contribution in [2.45, 2.75) is 30.6 Å². The Morgan fingerprint density at radius 3 is 2.81 bits per heavy atom. The van der Waals surface area contributed by atoms with Gasteiger partial charge in [0.25, 0.3) is 0 Å². The van der Waals surface area contributed by atoms with Gasteiger partial charge in [-0.15, -0.1) is 0 Å². The summed E-state index contributed by atoms with van der Waals surface area (Å²) in [7, 11) is 0.522. The van der Waals surface area contributed by atoms with E-state index in [1.165, 1.54) is 0 Å². The molecule has 26 heavy (non-hydrogen) atoms. The van der Waals surface area contributed by atoms with Crippen molar-refractivity contribution in [2.24, 2.45) is 0 Å². The fourth-order valence-corrected chi connectivity index (χ4v) is 4.18. The van der Waals surface area contributed by atoms with Gasteiger partial charge < -0.3 is 14.8 Å². The van der Waals surface area contributed by atoms with E-state index >= 15 is 0 Å². The normalized spacial score (nSPS) is 14.3. The average molecular weight is 373 g/mol. The molecule has 1 amide bonds. The number of ether oxygens (including phenoxy) is 2. The van der Waals surface area contributed by atoms with Crippen molar-refractivity contribution in [1.29, 1.82) is 0 Å². The molecule has 0 aliphatic carbocycles. The summed E-state index contributed by atoms with van der Waals surface area (Å²) in [6.45, 7) is 0.578. The lowest BCUT2D eigenvalue weighted by atomic mass is 10.0. The van der Waals surface area contributed by atoms with Crippen LogP contribution in [0.5, 0.6) is 11.5 Å². The zero-order chi connectivity index (χ0) is 18.4. The van der Waals surface area contributed by atoms with E-state index < -0.39 is 10.8 Å². The maximum Gasteiger partial charge on any atom is 0.224 e. The van der Waals surface area contributed by atoms with Crippen LogP contribution in [0.1, 0.15) is 24.8 Å². The molecule has 2 aromatic rings. The zero-order valence-electron chi connectivity index (χ0n) is 14.8. The fraction of sp³-hybridized carbons (Fsp3) is 0.350. The maximum absolute atomic E-state index is 12.4. The molecule has 5 nitrogen and oxygen atoms in total. The summed E-state index contributed by atoms with van der Waals surface area (Å²) in [6.07, 6.45) is 2.90. The molecule has 0 spiro atoms. The van der Waals surface area contributed by atoms with Gasteiger partial charge in [-0.25, -0.2) is 0 Å². The van der Waals surface area contributed by atoms with E-state index in [9.17, 15) is 9.00 Å². The molecule has 1 N–H and O–H groups in total. The maximum atomic E-state index is 12.4. The molecular formula is C20H23NO4S. The molecule has 1 atom stereocenters. The van der Waals surface area contributed by atoms with E-state index in [0.717, 1.165) is 41.2 Å². The molecule has 1 aliphatic heterocycles. The molecule has 0 saturated carbocycles. The first kappa shape index (κ1) is 18.5. The largest absolute Gasteiger partial charge is 0.495 e. The van der Waals surface area contributed by atoms with Crippen molar-refractivity contribution in [1.82, 2.24) is 0 Å². The number of aryl methyl sites for hydroxylation is 1. The van der Waals surface area contributed by atoms with Crippen LogP contribution < -0.4 is 14.8 Å². The van der Waals surface area contributed by atoms with Gasteiger partial charge in [0, 0.05) is 17.9 Å². The predicted molar refractivity (Wildman–Crippen MR) is 102 cm³/mol. The van der Waals surface area contributed by atoms with Gasteiger partial charge in [0.2, 0.25) is 5.91 Å². The van der Waals surface area contributed by atoms with Crippen LogP contribution >= 0.6 is 0 Å². The van der Waals surface area contributed by atoms with Crippen molar-refractivity contribution in [3.63, 3.8) is 0 Å². The van der Waals surface area contributed by atoms with Crippen LogP contribution in [-0.4, -0.2) is 29.6 Å². The molecule has 0 bridgehead atoms. The first-order valence-electron chi connectivity index (χ1n) is 8.74. The SMILES string of the molecule is COc1ccccc1S(=O)CCCCOc1ccc2c(c1)CCC(=O)N2. The number of hydrogen-bond donors (Lipinski definition) is 1. The van der Waals surface area contributed by atoms with Gasteiger partial charge in [-0.3, -0.25) is 9.00 Å². The number of fused-ring (bicyclic) bond motifs is 1. The van der Waals surface area contributed by atoms with Crippen molar-refractivity contribution < 1.29 is 18.5 Å². The Morgan fingerprint density at radius 2 is 1.96 bits per heavy atom. The van der Waals surface area contributed by atoms with E-state index in [0.29, 0.717) is 24.5 Å². The van der Waals surface area contributed by atoms with Crippen molar-refractivity contribution in [2.75, 3.05) is 24.8 Å². The third kappa shape index (κ3) is 4.64. The van der Waals surface area contributed by atoms with E-state index in [1.807, 2.05) is 42.5 Å². The number of methoxy groups -OCH3 is 1. The molecule has 1 aliphatic rings. The summed E-state index contributed by atoms with van der Waals surface area (Å²) in [4.78, 5) is 12.1. The lowest BCUT2D eigenvalue weighted by Crippen LogP contribution is -2.18. The summed E-state index contributed by atoms with van der Waals surface area (Å²) in [5.74, 6) is 2.13. The van der Waals surface area contributed by atoms with Crippen LogP contribution in [0.2, 0.25) is 0 Å². The molecule has 0 saturated heterocycles. The third-order valence-corrected chi connectivity index (χ3v) is 5.77. The first-order chi connectivity index (χ1) is 12.7. The van der Waals surface area contributed by atoms with E-state index in [2.05, 4.69) is 5.32 Å². The number of nitrogens with one attached hydrogen (secondary N) is 1. The minimum absolute atomic E-state index is 0.0641. The predicted octanol–water partition coefficient (Wildman–Crippen LogP) is 3.55. The highest BCUT2D eigenvalue weighted by Gasteiger charge is 2.15. The summed E-state index contributed by atoms with van der Waals surface area (Å²) in [5, 5.41) is 2.86. The van der Waals surface area contributed by atoms with Gasteiger partial charge >= 0.3 is 0 Å². The fourth-order valence-electron chi connectivity index (χ4n) is 2.89. The summed E-state index contributed by atoms with van der Waals surface area (Å²) < 4.78 is 23.5. The Labute approximate surface area is 156 Å². The molecule has 6 heteroatoms. The van der Waals surface area contributed by atoms with E-state index in [4.69, 9.17) is 9.47 Å². The van der Waals surface area contributed by atoms with Crippen LogP contribution in [0, 0.1) is 0 Å². The van der Waals surface area contributed by atoms with Crippen LogP contribution in [-0.2, 0) is 22.0 Å². The second-order valence-electron chi connectivity index (χ2n) is 6.12. The molecule has 0 fully saturated rings. The van der Waals surface area contributed by atoms with E-state index in [1.54, 1.807) is 7.11 Å². The van der Waals surface area contributed by atoms with Crippen LogP contribution in [0.25, 0.3) is 0 Å². The topological polar surface area (TPSA) is 64.6 Å². The number of amides is 1. The molecular weight excluding hydrogens is 350 g/mol. The number of carbonyl (C=O) groups is 1. The number of hydrogen-bond acceptors (Lipinski definition) is 4. The Hall–Kier alpha value is -2.34. The molecule has 0 radical (unpaired) electrons. The standard InChI is InChI=1S/C20H23NO4S/c1-24-18-6-2-3-7-19(18)26(23)13-5-4-12-25-16-9-10-17-15(14-16)8-11-20(22)21-17/h2-3,6-7,9-10,14H,4-5,8,11-13H2,1H3,(H,21,22). The van der Waals surface area contributed by atoms with Gasteiger partial charge in [-0.1, -0.05) is 12.1 Å². The second kappa shape index (κ2) is 8.85. The van der Waals surface area contributed by atoms with Crippen molar-refractivity contribution >= 4 is 22.4 Å². The molecule has 3 rings (SSSR count). The lowest BCUT2D eigenvalue weighted by molar-refractivity contribution is -0.116. The molecule has 2 aromatic carbocycles. The van der Waals surface area contributed by atoms with Gasteiger partial charge in [-0.2, -0.15) is 0 Å². The zero-order valence-corrected chi connectivity index (χ0v) is 15.6. The number of anilines is 1. The highest BCUT2D eigenvalue weighted by atomic mass is 32.2. The van der Waals surface area contributed by atoms with Gasteiger partial charge in [0.1, 0.15) is 11.5 Å². The lowest BCUT2D eigenvalue weighted by Gasteiger charge is -2.17. The Bertz CT molecular complexity index is 806. The number of rotatable bonds is 8. The highest BCUT2D eigenvalue weighted by Crippen LogP contribution is 2.27. The molecule has 0 aromatic heterocycles. The molecule has 138 valence electrons. The third-order valence-electron chi connectivity index (χ3n) is 4.28. The number of carbonyl (C=O) groups excluding carboxylic acids is 1. The molecule has 1 unspecified atom stereocenters. The quantitative estimate of drug-likeness (QED) is 0.719. The van der Waals surface area contributed by atoms with Crippen LogP contribution in [0.15, 0.2) is 47.4 Å². The minimum atomic E-state index is -1.07. The van der Waals surface area contributed by atoms with Gasteiger partial charge in [0.05, 0.1) is 29.4 Å². The minimum Gasteiger partial charge on any atom is -0.495 e. The Morgan fingerprint density at radius 1 is 1.12 bits per heavy atom. The van der Waals surface area contributed by atoms with Crippen molar-refractivity contribution in [3.8, 4) is 11.5 Å². The van der Waals surface area contributed by atoms with Crippen LogP contribution in [0.3, 0.4) is 0 Å². The Kier molecular flexibility index (Phi) is 6.28. The van der Waals surface area contributed by atoms with E-state index in [-0.39, 0.29) is 5.91 Å². The monoisotopic (exact) mass is 373 g/mol. The van der Waals surface area contributed by atoms with Gasteiger partial charge in [-0.05, 0) is 55.2 Å². The highest BCUT2D eigenvalue weighted by molar-refractivity contribution is 7.85. The summed E-state index contributed by atoms with van der Waals surface area (Å²) in [6, 6.07) is 13.2. The number of unbranched alkanes of at least 4 members (excludes halogenated alkanes) is 1. The van der Waals surface area contributed by atoms with Crippen LogP contribution in [0.4, 0.5) is 5.69 Å². The first-order valence-corrected chi connectivity index (χ1v) is 10.1. The summed E-state index contributed by atoms with van der Waals surface area (Å²) in [5.41, 5.74) is 1.99. The van der Waals surface area contributed by atoms with Gasteiger partial charge in [0.15, 0.2) is 0 Å². The number of benzene rings is 2. The second-order valence-corrected chi connectivity index (χ2v) is 7.66. The molecule has 1 heterocycles. The smallest absolute Gasteiger partial charge is 0.224 e. The summed E-state index contributed by atoms with van der Waals surface area (Å²) >= 11 is 0. The average Bonchev–Trinajstić information content (AvgIpc) is 2.67.